The van der Waals surface area contributed by atoms with Crippen LogP contribution in [0.1, 0.15) is 0 Å². The SMILES string of the molecule is [B]c1cccc2sc(=O)[nH]c12. The minimum atomic E-state index is -0.0575. The van der Waals surface area contributed by atoms with Gasteiger partial charge in [-0.25, -0.2) is 0 Å². The van der Waals surface area contributed by atoms with Crippen molar-refractivity contribution in [2.75, 3.05) is 0 Å². The van der Waals surface area contributed by atoms with Crippen LogP contribution in [0, 0.1) is 0 Å². The van der Waals surface area contributed by atoms with E-state index in [1.54, 1.807) is 6.07 Å². The quantitative estimate of drug-likeness (QED) is 0.556. The molecule has 0 fully saturated rings. The van der Waals surface area contributed by atoms with E-state index in [4.69, 9.17) is 7.85 Å². The van der Waals surface area contributed by atoms with Gasteiger partial charge in [-0.1, -0.05) is 28.9 Å². The lowest BCUT2D eigenvalue weighted by molar-refractivity contribution is 1.42. The van der Waals surface area contributed by atoms with Crippen LogP contribution in [0.2, 0.25) is 0 Å². The number of para-hydroxylation sites is 1. The molecule has 2 aromatic rings. The van der Waals surface area contributed by atoms with Crippen molar-refractivity contribution in [2.45, 2.75) is 0 Å². The van der Waals surface area contributed by atoms with E-state index in [-0.39, 0.29) is 4.87 Å². The van der Waals surface area contributed by atoms with Gasteiger partial charge in [-0.3, -0.25) is 4.79 Å². The molecule has 1 N–H and O–H groups in total. The molecule has 0 bridgehead atoms. The predicted octanol–water partition coefficient (Wildman–Crippen LogP) is 0.383. The van der Waals surface area contributed by atoms with Crippen LogP contribution in [0.3, 0.4) is 0 Å². The Hall–Kier alpha value is -1.03. The number of H-pyrrole nitrogens is 1. The Balaban J connectivity index is 3.01. The number of nitrogens with one attached hydrogen (secondary N) is 1. The van der Waals surface area contributed by atoms with Gasteiger partial charge in [-0.05, 0) is 6.07 Å². The van der Waals surface area contributed by atoms with E-state index >= 15 is 0 Å². The van der Waals surface area contributed by atoms with Gasteiger partial charge >= 0.3 is 4.87 Å². The molecule has 0 saturated carbocycles. The Morgan fingerprint density at radius 3 is 3.00 bits per heavy atom. The molecule has 52 valence electrons. The molecule has 4 heteroatoms. The zero-order valence-corrected chi connectivity index (χ0v) is 6.44. The molecule has 2 nitrogen and oxygen atoms in total. The van der Waals surface area contributed by atoms with Crippen molar-refractivity contribution in [2.24, 2.45) is 0 Å². The van der Waals surface area contributed by atoms with Gasteiger partial charge in [0, 0.05) is 0 Å². The lowest BCUT2D eigenvalue weighted by Crippen LogP contribution is -2.04. The van der Waals surface area contributed by atoms with Crippen molar-refractivity contribution < 1.29 is 0 Å². The maximum atomic E-state index is 10.8. The Morgan fingerprint density at radius 1 is 1.45 bits per heavy atom. The van der Waals surface area contributed by atoms with Crippen molar-refractivity contribution >= 4 is 34.9 Å². The third kappa shape index (κ3) is 0.992. The summed E-state index contributed by atoms with van der Waals surface area (Å²) < 4.78 is 0.912. The number of hydrogen-bond acceptors (Lipinski definition) is 2. The van der Waals surface area contributed by atoms with Crippen LogP contribution in [-0.4, -0.2) is 12.8 Å². The van der Waals surface area contributed by atoms with E-state index in [2.05, 4.69) is 4.98 Å². The van der Waals surface area contributed by atoms with Gasteiger partial charge in [-0.15, -0.1) is 0 Å². The zero-order chi connectivity index (χ0) is 7.84. The second-order valence-electron chi connectivity index (χ2n) is 2.23. The average molecular weight is 161 g/mol. The fourth-order valence-corrected chi connectivity index (χ4v) is 1.76. The first-order valence-electron chi connectivity index (χ1n) is 3.15. The molecular formula is C7H4BNOS. The van der Waals surface area contributed by atoms with E-state index in [0.29, 0.717) is 5.46 Å². The van der Waals surface area contributed by atoms with E-state index in [0.717, 1.165) is 10.2 Å². The first kappa shape index (κ1) is 6.67. The predicted molar refractivity (Wildman–Crippen MR) is 47.8 cm³/mol. The summed E-state index contributed by atoms with van der Waals surface area (Å²) in [4.78, 5) is 13.5. The maximum Gasteiger partial charge on any atom is 0.305 e. The van der Waals surface area contributed by atoms with Gasteiger partial charge in [0.05, 0.1) is 10.2 Å². The molecule has 2 rings (SSSR count). The molecule has 0 aliphatic heterocycles. The van der Waals surface area contributed by atoms with Crippen LogP contribution in [0.25, 0.3) is 10.2 Å². The second-order valence-corrected chi connectivity index (χ2v) is 3.25. The third-order valence-corrected chi connectivity index (χ3v) is 2.34. The first-order valence-corrected chi connectivity index (χ1v) is 3.96. The number of benzene rings is 1. The fraction of sp³-hybridized carbons (Fsp3) is 0. The van der Waals surface area contributed by atoms with Crippen molar-refractivity contribution in [3.8, 4) is 0 Å². The number of aromatic nitrogens is 1. The molecule has 11 heavy (non-hydrogen) atoms. The van der Waals surface area contributed by atoms with Crippen LogP contribution in [0.5, 0.6) is 0 Å². The largest absolute Gasteiger partial charge is 0.313 e. The lowest BCUT2D eigenvalue weighted by atomic mass is 9.95. The normalized spacial score (nSPS) is 10.5. The smallest absolute Gasteiger partial charge is 0.305 e. The highest BCUT2D eigenvalue weighted by Crippen LogP contribution is 2.09. The zero-order valence-electron chi connectivity index (χ0n) is 5.63. The van der Waals surface area contributed by atoms with Gasteiger partial charge in [0.1, 0.15) is 7.85 Å². The van der Waals surface area contributed by atoms with Gasteiger partial charge < -0.3 is 4.98 Å². The second kappa shape index (κ2) is 2.24. The minimum Gasteiger partial charge on any atom is -0.313 e. The van der Waals surface area contributed by atoms with E-state index < -0.39 is 0 Å². The van der Waals surface area contributed by atoms with Crippen LogP contribution in [0.15, 0.2) is 23.0 Å². The summed E-state index contributed by atoms with van der Waals surface area (Å²) in [5.41, 5.74) is 1.38. The highest BCUT2D eigenvalue weighted by atomic mass is 32.1. The highest BCUT2D eigenvalue weighted by molar-refractivity contribution is 7.16. The van der Waals surface area contributed by atoms with Crippen molar-refractivity contribution in [1.82, 2.24) is 4.98 Å². The summed E-state index contributed by atoms with van der Waals surface area (Å²) >= 11 is 1.18. The van der Waals surface area contributed by atoms with E-state index in [9.17, 15) is 4.79 Å². The highest BCUT2D eigenvalue weighted by Gasteiger charge is 1.98. The standard InChI is InChI=1S/C7H4BNOS/c8-4-2-1-3-5-6(4)9-7(10)11-5/h1-3H,(H,9,10). The summed E-state index contributed by atoms with van der Waals surface area (Å²) in [6, 6.07) is 5.47. The van der Waals surface area contributed by atoms with Crippen molar-refractivity contribution in [1.29, 1.82) is 0 Å². The number of rotatable bonds is 0. The van der Waals surface area contributed by atoms with Gasteiger partial charge in [-0.2, -0.15) is 0 Å². The molecular weight excluding hydrogens is 157 g/mol. The summed E-state index contributed by atoms with van der Waals surface area (Å²) in [5.74, 6) is 0. The van der Waals surface area contributed by atoms with Crippen molar-refractivity contribution in [3.05, 3.63) is 27.9 Å². The maximum absolute atomic E-state index is 10.8. The van der Waals surface area contributed by atoms with E-state index in [1.807, 2.05) is 12.1 Å². The summed E-state index contributed by atoms with van der Waals surface area (Å²) in [6.07, 6.45) is 0. The number of hydrogen-bond donors (Lipinski definition) is 1. The van der Waals surface area contributed by atoms with Crippen LogP contribution in [0.4, 0.5) is 0 Å². The van der Waals surface area contributed by atoms with Crippen LogP contribution >= 0.6 is 11.3 Å². The Labute approximate surface area is 68.3 Å². The first-order chi connectivity index (χ1) is 5.27. The molecule has 1 aromatic carbocycles. The molecule has 0 unspecified atom stereocenters. The Kier molecular flexibility index (Phi) is 1.36. The Morgan fingerprint density at radius 2 is 2.27 bits per heavy atom. The number of aromatic amines is 1. The van der Waals surface area contributed by atoms with Gasteiger partial charge in [0.15, 0.2) is 0 Å². The minimum absolute atomic E-state index is 0.0575. The van der Waals surface area contributed by atoms with Crippen molar-refractivity contribution in [3.63, 3.8) is 0 Å². The molecule has 0 aliphatic rings. The molecule has 0 atom stereocenters. The molecule has 1 aromatic heterocycles. The fourth-order valence-electron chi connectivity index (χ4n) is 0.994. The average Bonchev–Trinajstić information content (AvgIpc) is 2.31. The molecule has 0 spiro atoms. The van der Waals surface area contributed by atoms with E-state index in [1.165, 1.54) is 11.3 Å². The van der Waals surface area contributed by atoms with Crippen LogP contribution < -0.4 is 10.3 Å². The molecule has 1 heterocycles. The van der Waals surface area contributed by atoms with Gasteiger partial charge in [0.2, 0.25) is 0 Å². The summed E-state index contributed by atoms with van der Waals surface area (Å²) in [5, 5.41) is 0. The monoisotopic (exact) mass is 161 g/mol. The molecule has 2 radical (unpaired) electrons. The topological polar surface area (TPSA) is 32.9 Å². The van der Waals surface area contributed by atoms with Crippen LogP contribution in [-0.2, 0) is 0 Å². The third-order valence-electron chi connectivity index (χ3n) is 1.49. The summed E-state index contributed by atoms with van der Waals surface area (Å²) in [7, 11) is 5.61. The lowest BCUT2D eigenvalue weighted by Gasteiger charge is -1.91. The summed E-state index contributed by atoms with van der Waals surface area (Å²) in [6.45, 7) is 0. The number of fused-ring (bicyclic) bond motifs is 1. The molecule has 0 saturated heterocycles. The van der Waals surface area contributed by atoms with Gasteiger partial charge in [0.25, 0.3) is 0 Å². The molecule has 0 aliphatic carbocycles. The Bertz CT molecular complexity index is 445. The number of thiazole rings is 1. The molecule has 0 amide bonds.